The Balaban J connectivity index is 2.96. The molecule has 0 aliphatic heterocycles. The number of aryl methyl sites for hydroxylation is 1. The Morgan fingerprint density at radius 3 is 2.60 bits per heavy atom. The first kappa shape index (κ1) is 12.0. The number of benzene rings is 1. The van der Waals surface area contributed by atoms with E-state index in [4.69, 9.17) is 11.6 Å². The lowest BCUT2D eigenvalue weighted by Crippen LogP contribution is -2.18. The van der Waals surface area contributed by atoms with Gasteiger partial charge >= 0.3 is 0 Å². The van der Waals surface area contributed by atoms with Gasteiger partial charge in [-0.15, -0.1) is 0 Å². The van der Waals surface area contributed by atoms with Gasteiger partial charge in [0.1, 0.15) is 5.82 Å². The summed E-state index contributed by atoms with van der Waals surface area (Å²) in [6.07, 6.45) is 0. The first-order chi connectivity index (χ1) is 6.91. The van der Waals surface area contributed by atoms with Gasteiger partial charge in [-0.3, -0.25) is 4.79 Å². The van der Waals surface area contributed by atoms with Crippen LogP contribution in [0.4, 0.5) is 10.1 Å². The highest BCUT2D eigenvalue weighted by Gasteiger charge is 2.11. The largest absolute Gasteiger partial charge is 0.323 e. The van der Waals surface area contributed by atoms with Gasteiger partial charge in [0.05, 0.1) is 5.69 Å². The molecular formula is C11H13ClFNO. The van der Waals surface area contributed by atoms with Gasteiger partial charge in [0.2, 0.25) is 5.91 Å². The second-order valence-corrected chi connectivity index (χ2v) is 4.13. The summed E-state index contributed by atoms with van der Waals surface area (Å²) in [7, 11) is 0. The molecule has 1 aromatic rings. The molecule has 0 aliphatic rings. The Labute approximate surface area is 93.4 Å². The molecule has 4 heteroatoms. The number of halogens is 2. The smallest absolute Gasteiger partial charge is 0.227 e. The third kappa shape index (κ3) is 2.93. The van der Waals surface area contributed by atoms with E-state index in [2.05, 4.69) is 5.32 Å². The van der Waals surface area contributed by atoms with Crippen LogP contribution in [0, 0.1) is 18.7 Å². The molecular weight excluding hydrogens is 217 g/mol. The summed E-state index contributed by atoms with van der Waals surface area (Å²) in [5.41, 5.74) is 0.779. The fraction of sp³-hybridized carbons (Fsp3) is 0.364. The minimum absolute atomic E-state index is 0.129. The topological polar surface area (TPSA) is 29.1 Å². The summed E-state index contributed by atoms with van der Waals surface area (Å²) in [5.74, 6) is -0.885. The number of carbonyl (C=O) groups excluding carboxylic acids is 1. The van der Waals surface area contributed by atoms with Crippen LogP contribution in [0.2, 0.25) is 5.02 Å². The molecule has 0 aliphatic carbocycles. The summed E-state index contributed by atoms with van der Waals surface area (Å²) >= 11 is 5.83. The summed E-state index contributed by atoms with van der Waals surface area (Å²) in [6.45, 7) is 5.19. The second-order valence-electron chi connectivity index (χ2n) is 3.73. The molecule has 1 rings (SSSR count). The Morgan fingerprint density at radius 1 is 1.47 bits per heavy atom. The predicted molar refractivity (Wildman–Crippen MR) is 59.6 cm³/mol. The van der Waals surface area contributed by atoms with E-state index in [1.807, 2.05) is 0 Å². The summed E-state index contributed by atoms with van der Waals surface area (Å²) in [4.78, 5) is 11.3. The highest BCUT2D eigenvalue weighted by Crippen LogP contribution is 2.24. The number of hydrogen-bond acceptors (Lipinski definition) is 1. The first-order valence-corrected chi connectivity index (χ1v) is 5.06. The van der Waals surface area contributed by atoms with Gasteiger partial charge in [0.15, 0.2) is 0 Å². The molecule has 0 bridgehead atoms. The van der Waals surface area contributed by atoms with E-state index in [0.29, 0.717) is 10.6 Å². The van der Waals surface area contributed by atoms with Crippen molar-refractivity contribution in [2.75, 3.05) is 5.32 Å². The molecule has 1 N–H and O–H groups in total. The van der Waals surface area contributed by atoms with Crippen molar-refractivity contribution in [2.24, 2.45) is 5.92 Å². The SMILES string of the molecule is Cc1cc(F)c(NC(=O)C(C)C)cc1Cl. The van der Waals surface area contributed by atoms with Gasteiger partial charge in [-0.1, -0.05) is 25.4 Å². The van der Waals surface area contributed by atoms with Crippen LogP contribution in [-0.4, -0.2) is 5.91 Å². The van der Waals surface area contributed by atoms with E-state index in [1.54, 1.807) is 20.8 Å². The molecule has 82 valence electrons. The van der Waals surface area contributed by atoms with Gasteiger partial charge in [0.25, 0.3) is 0 Å². The van der Waals surface area contributed by atoms with E-state index in [9.17, 15) is 9.18 Å². The van der Waals surface area contributed by atoms with Crippen LogP contribution in [0.5, 0.6) is 0 Å². The molecule has 0 aromatic heterocycles. The molecule has 2 nitrogen and oxygen atoms in total. The number of nitrogens with one attached hydrogen (secondary N) is 1. The van der Waals surface area contributed by atoms with Crippen molar-refractivity contribution in [1.82, 2.24) is 0 Å². The number of rotatable bonds is 2. The van der Waals surface area contributed by atoms with Crippen LogP contribution in [0.25, 0.3) is 0 Å². The lowest BCUT2D eigenvalue weighted by Gasteiger charge is -2.10. The van der Waals surface area contributed by atoms with E-state index >= 15 is 0 Å². The maximum absolute atomic E-state index is 13.4. The Bertz CT molecular complexity index is 390. The summed E-state index contributed by atoms with van der Waals surface area (Å²) < 4.78 is 13.4. The van der Waals surface area contributed by atoms with Crippen molar-refractivity contribution < 1.29 is 9.18 Å². The average molecular weight is 230 g/mol. The zero-order valence-corrected chi connectivity index (χ0v) is 9.65. The zero-order valence-electron chi connectivity index (χ0n) is 8.90. The van der Waals surface area contributed by atoms with E-state index in [1.165, 1.54) is 12.1 Å². The van der Waals surface area contributed by atoms with Crippen molar-refractivity contribution in [3.05, 3.63) is 28.5 Å². The number of amides is 1. The van der Waals surface area contributed by atoms with Crippen LogP contribution in [0.3, 0.4) is 0 Å². The van der Waals surface area contributed by atoms with Gasteiger partial charge < -0.3 is 5.32 Å². The van der Waals surface area contributed by atoms with Crippen LogP contribution >= 0.6 is 11.6 Å². The van der Waals surface area contributed by atoms with E-state index < -0.39 is 5.82 Å². The molecule has 0 saturated carbocycles. The standard InChI is InChI=1S/C11H13ClFNO/c1-6(2)11(15)14-10-5-8(12)7(3)4-9(10)13/h4-6H,1-3H3,(H,14,15). The van der Waals surface area contributed by atoms with Crippen molar-refractivity contribution in [1.29, 1.82) is 0 Å². The van der Waals surface area contributed by atoms with Crippen LogP contribution in [0.15, 0.2) is 12.1 Å². The molecule has 0 atom stereocenters. The molecule has 1 amide bonds. The molecule has 0 fully saturated rings. The van der Waals surface area contributed by atoms with Crippen molar-refractivity contribution in [3.8, 4) is 0 Å². The highest BCUT2D eigenvalue weighted by atomic mass is 35.5. The number of carbonyl (C=O) groups is 1. The Hall–Kier alpha value is -1.09. The zero-order chi connectivity index (χ0) is 11.6. The molecule has 0 spiro atoms. The third-order valence-electron chi connectivity index (χ3n) is 2.03. The number of anilines is 1. The molecule has 1 aromatic carbocycles. The molecule has 0 heterocycles. The highest BCUT2D eigenvalue weighted by molar-refractivity contribution is 6.31. The van der Waals surface area contributed by atoms with Crippen molar-refractivity contribution in [2.45, 2.75) is 20.8 Å². The minimum Gasteiger partial charge on any atom is -0.323 e. The predicted octanol–water partition coefficient (Wildman–Crippen LogP) is 3.38. The maximum atomic E-state index is 13.4. The number of hydrogen-bond donors (Lipinski definition) is 1. The van der Waals surface area contributed by atoms with E-state index in [0.717, 1.165) is 0 Å². The van der Waals surface area contributed by atoms with Gasteiger partial charge in [-0.25, -0.2) is 4.39 Å². The monoisotopic (exact) mass is 229 g/mol. The fourth-order valence-electron chi connectivity index (χ4n) is 1.02. The van der Waals surface area contributed by atoms with Crippen LogP contribution in [0.1, 0.15) is 19.4 Å². The quantitative estimate of drug-likeness (QED) is 0.828. The molecule has 0 radical (unpaired) electrons. The molecule has 0 unspecified atom stereocenters. The normalized spacial score (nSPS) is 10.5. The maximum Gasteiger partial charge on any atom is 0.227 e. The summed E-state index contributed by atoms with van der Waals surface area (Å²) in [5, 5.41) is 2.92. The lowest BCUT2D eigenvalue weighted by molar-refractivity contribution is -0.118. The average Bonchev–Trinajstić information content (AvgIpc) is 2.13. The fourth-order valence-corrected chi connectivity index (χ4v) is 1.18. The van der Waals surface area contributed by atoms with Gasteiger partial charge in [-0.2, -0.15) is 0 Å². The second kappa shape index (κ2) is 4.62. The Morgan fingerprint density at radius 2 is 2.07 bits per heavy atom. The lowest BCUT2D eigenvalue weighted by atomic mass is 10.2. The summed E-state index contributed by atoms with van der Waals surface area (Å²) in [6, 6.07) is 2.73. The van der Waals surface area contributed by atoms with Crippen molar-refractivity contribution >= 4 is 23.2 Å². The minimum atomic E-state index is -0.467. The van der Waals surface area contributed by atoms with Gasteiger partial charge in [0, 0.05) is 10.9 Å². The molecule has 0 saturated heterocycles. The molecule has 15 heavy (non-hydrogen) atoms. The van der Waals surface area contributed by atoms with Gasteiger partial charge in [-0.05, 0) is 24.6 Å². The first-order valence-electron chi connectivity index (χ1n) is 4.68. The van der Waals surface area contributed by atoms with Crippen LogP contribution in [-0.2, 0) is 4.79 Å². The third-order valence-corrected chi connectivity index (χ3v) is 2.44. The van der Waals surface area contributed by atoms with Crippen LogP contribution < -0.4 is 5.32 Å². The Kier molecular flexibility index (Phi) is 3.69. The van der Waals surface area contributed by atoms with E-state index in [-0.39, 0.29) is 17.5 Å². The van der Waals surface area contributed by atoms with Crippen molar-refractivity contribution in [3.63, 3.8) is 0 Å².